The van der Waals surface area contributed by atoms with Gasteiger partial charge in [-0.2, -0.15) is 8.42 Å². The van der Waals surface area contributed by atoms with Gasteiger partial charge in [-0.15, -0.1) is 0 Å². The van der Waals surface area contributed by atoms with Gasteiger partial charge < -0.3 is 50.0 Å². The standard InChI is InChI=1S/C35H62O14S/c1-17(2)19(11-14-47-32-30(41)27(38)22(46-6)16-48-32)8-7-18(3)24-28(39)29(40)31-34(24,5)13-10-23-33(4)12-9-20(36)26(37)25(33)21(15-35(23,31)42)49-50(43,44)45/h17-32,36-42H,7-16H2,1-6H3,(H,43,44,45)/t18-,19-,20+,21?,22?,23?,24?,25?,26+,27?,28-,29-,30?,31?,32?,33-,34-,35+/m1/s1. The molecule has 5 rings (SSSR count). The maximum atomic E-state index is 12.8. The van der Waals surface area contributed by atoms with Gasteiger partial charge >= 0.3 is 10.4 Å². The van der Waals surface area contributed by atoms with E-state index in [0.29, 0.717) is 38.2 Å². The monoisotopic (exact) mass is 738 g/mol. The fraction of sp³-hybridized carbons (Fsp3) is 1.00. The minimum Gasteiger partial charge on any atom is -0.390 e. The molecule has 0 spiro atoms. The van der Waals surface area contributed by atoms with Gasteiger partial charge in [0.25, 0.3) is 0 Å². The smallest absolute Gasteiger partial charge is 0.390 e. The third kappa shape index (κ3) is 7.18. The molecule has 0 aromatic rings. The van der Waals surface area contributed by atoms with Gasteiger partial charge in [0.1, 0.15) is 18.3 Å². The molecule has 1 aliphatic heterocycles. The molecule has 14 nitrogen and oxygen atoms in total. The van der Waals surface area contributed by atoms with Crippen molar-refractivity contribution in [1.82, 2.24) is 0 Å². The van der Waals surface area contributed by atoms with Crippen molar-refractivity contribution in [2.24, 2.45) is 52.3 Å². The van der Waals surface area contributed by atoms with Crippen LogP contribution < -0.4 is 0 Å². The second-order valence-electron chi connectivity index (χ2n) is 17.1. The molecule has 15 heteroatoms. The molecule has 5 aliphatic rings. The molecule has 1 heterocycles. The average Bonchev–Trinajstić information content (AvgIpc) is 3.22. The van der Waals surface area contributed by atoms with Gasteiger partial charge in [0.05, 0.1) is 49.3 Å². The van der Waals surface area contributed by atoms with Crippen molar-refractivity contribution >= 4 is 10.4 Å². The van der Waals surface area contributed by atoms with E-state index in [0.717, 1.165) is 12.8 Å². The van der Waals surface area contributed by atoms with Crippen LogP contribution in [0.4, 0.5) is 0 Å². The van der Waals surface area contributed by atoms with Crippen molar-refractivity contribution in [2.75, 3.05) is 20.3 Å². The third-order valence-corrected chi connectivity index (χ3v) is 14.7. The molecule has 0 radical (unpaired) electrons. The highest BCUT2D eigenvalue weighted by Crippen LogP contribution is 2.70. The topological polar surface area (TPSA) is 233 Å². The number of methoxy groups -OCH3 is 1. The van der Waals surface area contributed by atoms with E-state index in [1.807, 2.05) is 13.8 Å². The number of hydrogen-bond donors (Lipinski definition) is 8. The number of ether oxygens (including phenoxy) is 3. The number of hydrogen-bond acceptors (Lipinski definition) is 13. The first-order valence-corrected chi connectivity index (χ1v) is 19.8. The minimum atomic E-state index is -5.00. The zero-order chi connectivity index (χ0) is 37.1. The van der Waals surface area contributed by atoms with Gasteiger partial charge in [-0.25, -0.2) is 4.18 Å². The summed E-state index contributed by atoms with van der Waals surface area (Å²) >= 11 is 0. The van der Waals surface area contributed by atoms with Gasteiger partial charge in [-0.3, -0.25) is 4.55 Å². The molecule has 1 saturated heterocycles. The van der Waals surface area contributed by atoms with Crippen LogP contribution in [0.25, 0.3) is 0 Å². The first kappa shape index (κ1) is 40.7. The number of fused-ring (bicyclic) bond motifs is 5. The second-order valence-corrected chi connectivity index (χ2v) is 18.2. The van der Waals surface area contributed by atoms with Crippen molar-refractivity contribution < 1.29 is 67.1 Å². The summed E-state index contributed by atoms with van der Waals surface area (Å²) in [5.74, 6) is -2.15. The summed E-state index contributed by atoms with van der Waals surface area (Å²) in [6, 6.07) is 0. The Morgan fingerprint density at radius 3 is 2.12 bits per heavy atom. The van der Waals surface area contributed by atoms with Crippen LogP contribution in [0, 0.1) is 52.3 Å². The first-order valence-electron chi connectivity index (χ1n) is 18.4. The van der Waals surface area contributed by atoms with E-state index in [9.17, 15) is 48.7 Å². The SMILES string of the molecule is COC1COC(OCC[C@@H](CC[C@@H](C)C2[C@@H](O)[C@@H](O)C3[C@]2(C)CCC2[C@@]4(C)CC[C@H](O)[C@H](O)C4C(OS(=O)(=O)O)C[C@]23O)C(C)C)C(O)C1O. The second kappa shape index (κ2) is 15.0. The van der Waals surface area contributed by atoms with Crippen LogP contribution in [0.15, 0.2) is 0 Å². The Kier molecular flexibility index (Phi) is 12.2. The lowest BCUT2D eigenvalue weighted by Crippen LogP contribution is -2.71. The molecular formula is C35H62O14S. The third-order valence-electron chi connectivity index (χ3n) is 14.2. The molecule has 0 aromatic heterocycles. The summed E-state index contributed by atoms with van der Waals surface area (Å²) in [5, 5.41) is 78.6. The molecule has 9 unspecified atom stereocenters. The molecule has 5 fully saturated rings. The Labute approximate surface area is 296 Å². The summed E-state index contributed by atoms with van der Waals surface area (Å²) in [5.41, 5.74) is -3.30. The predicted octanol–water partition coefficient (Wildman–Crippen LogP) is 1.02. The number of rotatable bonds is 12. The highest BCUT2D eigenvalue weighted by molar-refractivity contribution is 7.80. The van der Waals surface area contributed by atoms with Crippen LogP contribution in [0.2, 0.25) is 0 Å². The Bertz CT molecular complexity index is 1270. The first-order chi connectivity index (χ1) is 23.2. The number of aliphatic hydroxyl groups is 7. The Hall–Kier alpha value is -0.530. The fourth-order valence-electron chi connectivity index (χ4n) is 11.8. The van der Waals surface area contributed by atoms with Crippen LogP contribution >= 0.6 is 0 Å². The van der Waals surface area contributed by atoms with Crippen LogP contribution in [-0.4, -0.2) is 130 Å². The fourth-order valence-corrected chi connectivity index (χ4v) is 12.3. The normalized spacial score (nSPS) is 49.2. The van der Waals surface area contributed by atoms with Crippen molar-refractivity contribution in [1.29, 1.82) is 0 Å². The summed E-state index contributed by atoms with van der Waals surface area (Å²) in [7, 11) is -3.56. The maximum Gasteiger partial charge on any atom is 0.397 e. The molecule has 292 valence electrons. The Balaban J connectivity index is 1.31. The van der Waals surface area contributed by atoms with Crippen molar-refractivity contribution in [3.63, 3.8) is 0 Å². The lowest BCUT2D eigenvalue weighted by molar-refractivity contribution is -0.277. The lowest BCUT2D eigenvalue weighted by Gasteiger charge is -2.66. The molecule has 0 aromatic carbocycles. The summed E-state index contributed by atoms with van der Waals surface area (Å²) < 4.78 is 55.5. The van der Waals surface area contributed by atoms with E-state index in [-0.39, 0.29) is 37.2 Å². The lowest BCUT2D eigenvalue weighted by atomic mass is 9.41. The van der Waals surface area contributed by atoms with Gasteiger partial charge in [0, 0.05) is 25.4 Å². The quantitative estimate of drug-likeness (QED) is 0.131. The van der Waals surface area contributed by atoms with Gasteiger partial charge in [0.2, 0.25) is 0 Å². The highest BCUT2D eigenvalue weighted by Gasteiger charge is 2.74. The molecule has 0 amide bonds. The minimum absolute atomic E-state index is 0.0648. The van der Waals surface area contributed by atoms with Gasteiger partial charge in [-0.05, 0) is 78.9 Å². The van der Waals surface area contributed by atoms with E-state index in [1.165, 1.54) is 7.11 Å². The Morgan fingerprint density at radius 1 is 0.840 bits per heavy atom. The summed E-state index contributed by atoms with van der Waals surface area (Å²) in [4.78, 5) is 0. The van der Waals surface area contributed by atoms with Gasteiger partial charge in [-0.1, -0.05) is 41.0 Å². The van der Waals surface area contributed by atoms with Crippen molar-refractivity contribution in [3.8, 4) is 0 Å². The van der Waals surface area contributed by atoms with E-state index in [4.69, 9.17) is 18.4 Å². The van der Waals surface area contributed by atoms with Crippen LogP contribution in [0.1, 0.15) is 86.0 Å². The molecule has 18 atom stereocenters. The molecule has 4 aliphatic carbocycles. The Morgan fingerprint density at radius 2 is 1.50 bits per heavy atom. The van der Waals surface area contributed by atoms with E-state index in [2.05, 4.69) is 20.8 Å². The zero-order valence-corrected chi connectivity index (χ0v) is 31.1. The van der Waals surface area contributed by atoms with E-state index in [1.54, 1.807) is 0 Å². The van der Waals surface area contributed by atoms with Gasteiger partial charge in [0.15, 0.2) is 6.29 Å². The molecule has 8 N–H and O–H groups in total. The maximum absolute atomic E-state index is 12.8. The van der Waals surface area contributed by atoms with Crippen molar-refractivity contribution in [3.05, 3.63) is 0 Å². The van der Waals surface area contributed by atoms with Crippen molar-refractivity contribution in [2.45, 2.75) is 147 Å². The predicted molar refractivity (Wildman–Crippen MR) is 179 cm³/mol. The van der Waals surface area contributed by atoms with Crippen LogP contribution in [0.3, 0.4) is 0 Å². The average molecular weight is 739 g/mol. The molecule has 50 heavy (non-hydrogen) atoms. The zero-order valence-electron chi connectivity index (χ0n) is 30.2. The summed E-state index contributed by atoms with van der Waals surface area (Å²) in [6.45, 7) is 10.6. The molecular weight excluding hydrogens is 676 g/mol. The molecule has 4 saturated carbocycles. The van der Waals surface area contributed by atoms with Crippen LogP contribution in [-0.2, 0) is 28.8 Å². The van der Waals surface area contributed by atoms with Crippen LogP contribution in [0.5, 0.6) is 0 Å². The van der Waals surface area contributed by atoms with E-state index >= 15 is 0 Å². The highest BCUT2D eigenvalue weighted by atomic mass is 32.3. The number of aliphatic hydroxyl groups excluding tert-OH is 6. The molecule has 0 bridgehead atoms. The van der Waals surface area contributed by atoms with E-state index < -0.39 is 99.7 Å². The summed E-state index contributed by atoms with van der Waals surface area (Å²) in [6.07, 6.45) is -6.63. The largest absolute Gasteiger partial charge is 0.397 e.